The predicted octanol–water partition coefficient (Wildman–Crippen LogP) is 4.87. The van der Waals surface area contributed by atoms with Crippen LogP contribution in [0.3, 0.4) is 0 Å². The van der Waals surface area contributed by atoms with E-state index < -0.39 is 0 Å². The molecule has 5 nitrogen and oxygen atoms in total. The first-order valence-corrected chi connectivity index (χ1v) is 14.4. The molecule has 1 aliphatic carbocycles. The van der Waals surface area contributed by atoms with Crippen molar-refractivity contribution in [2.75, 3.05) is 32.7 Å². The molecule has 0 N–H and O–H groups in total. The van der Waals surface area contributed by atoms with Gasteiger partial charge in [0.1, 0.15) is 0 Å². The number of benzene rings is 2. The molecule has 0 spiro atoms. The van der Waals surface area contributed by atoms with Crippen LogP contribution in [-0.4, -0.2) is 65.3 Å². The lowest BCUT2D eigenvalue weighted by Gasteiger charge is -2.42. The Morgan fingerprint density at radius 3 is 2.49 bits per heavy atom. The van der Waals surface area contributed by atoms with E-state index in [9.17, 15) is 9.59 Å². The highest BCUT2D eigenvalue weighted by atomic mass is 32.1. The van der Waals surface area contributed by atoms with Crippen LogP contribution in [0.25, 0.3) is 0 Å². The summed E-state index contributed by atoms with van der Waals surface area (Å²) >= 11 is 1.83. The van der Waals surface area contributed by atoms with E-state index in [1.165, 1.54) is 27.1 Å². The summed E-state index contributed by atoms with van der Waals surface area (Å²) in [6.07, 6.45) is 1.93. The van der Waals surface area contributed by atoms with Crippen molar-refractivity contribution >= 4 is 23.2 Å². The Bertz CT molecular complexity index is 1270. The Balaban J connectivity index is 1.10. The fraction of sp³-hybridized carbons (Fsp3) is 0.419. The van der Waals surface area contributed by atoms with Crippen molar-refractivity contribution in [2.24, 2.45) is 5.92 Å². The van der Waals surface area contributed by atoms with E-state index in [0.29, 0.717) is 32.1 Å². The van der Waals surface area contributed by atoms with Gasteiger partial charge in [-0.3, -0.25) is 14.5 Å². The molecule has 3 heterocycles. The molecule has 1 aromatic heterocycles. The second kappa shape index (κ2) is 10.1. The maximum Gasteiger partial charge on any atom is 0.236 e. The van der Waals surface area contributed by atoms with Crippen LogP contribution < -0.4 is 0 Å². The highest BCUT2D eigenvalue weighted by Gasteiger charge is 2.47. The molecule has 1 saturated carbocycles. The van der Waals surface area contributed by atoms with E-state index in [-0.39, 0.29) is 29.8 Å². The molecule has 3 aromatic rings. The van der Waals surface area contributed by atoms with Crippen molar-refractivity contribution < 1.29 is 9.59 Å². The van der Waals surface area contributed by atoms with Gasteiger partial charge in [0, 0.05) is 43.0 Å². The molecule has 0 radical (unpaired) electrons. The van der Waals surface area contributed by atoms with E-state index in [1.807, 2.05) is 39.3 Å². The Morgan fingerprint density at radius 1 is 0.946 bits per heavy atom. The van der Waals surface area contributed by atoms with E-state index in [1.54, 1.807) is 0 Å². The average Bonchev–Trinajstić information content (AvgIpc) is 3.58. The summed E-state index contributed by atoms with van der Waals surface area (Å²) in [4.78, 5) is 34.6. The van der Waals surface area contributed by atoms with Crippen molar-refractivity contribution in [2.45, 2.75) is 44.7 Å². The molecular weight excluding hydrogens is 478 g/mol. The molecule has 2 amide bonds. The highest BCUT2D eigenvalue weighted by molar-refractivity contribution is 7.10. The predicted molar refractivity (Wildman–Crippen MR) is 148 cm³/mol. The van der Waals surface area contributed by atoms with Crippen molar-refractivity contribution in [3.8, 4) is 0 Å². The Hall–Kier alpha value is -2.96. The molecule has 6 rings (SSSR count). The van der Waals surface area contributed by atoms with E-state index >= 15 is 0 Å². The summed E-state index contributed by atoms with van der Waals surface area (Å²) in [5.74, 6) is 0.869. The zero-order chi connectivity index (χ0) is 25.5. The number of fused-ring (bicyclic) bond motifs is 1. The van der Waals surface area contributed by atoms with Crippen LogP contribution in [0.4, 0.5) is 0 Å². The van der Waals surface area contributed by atoms with Gasteiger partial charge < -0.3 is 9.80 Å². The quantitative estimate of drug-likeness (QED) is 0.489. The molecule has 2 aliphatic heterocycles. The molecule has 0 unspecified atom stereocenters. The lowest BCUT2D eigenvalue weighted by Crippen LogP contribution is -2.57. The topological polar surface area (TPSA) is 43.9 Å². The lowest BCUT2D eigenvalue weighted by atomic mass is 9.92. The van der Waals surface area contributed by atoms with Crippen LogP contribution in [0.1, 0.15) is 52.4 Å². The third-order valence-electron chi connectivity index (χ3n) is 8.40. The largest absolute Gasteiger partial charge is 0.338 e. The fourth-order valence-corrected chi connectivity index (χ4v) is 7.12. The van der Waals surface area contributed by atoms with Gasteiger partial charge in [-0.05, 0) is 60.7 Å². The Labute approximate surface area is 223 Å². The first kappa shape index (κ1) is 24.4. The summed E-state index contributed by atoms with van der Waals surface area (Å²) < 4.78 is 0. The van der Waals surface area contributed by atoms with Gasteiger partial charge in [0.05, 0.1) is 12.6 Å². The zero-order valence-corrected chi connectivity index (χ0v) is 22.5. The van der Waals surface area contributed by atoms with E-state index in [2.05, 4.69) is 66.6 Å². The number of piperazine rings is 1. The van der Waals surface area contributed by atoms with Crippen molar-refractivity contribution in [3.05, 3.63) is 93.2 Å². The van der Waals surface area contributed by atoms with Crippen LogP contribution in [0.15, 0.2) is 66.0 Å². The number of thiophene rings is 1. The van der Waals surface area contributed by atoms with Gasteiger partial charge in [0.2, 0.25) is 11.8 Å². The molecule has 4 atom stereocenters. The number of amides is 2. The summed E-state index contributed by atoms with van der Waals surface area (Å²) in [7, 11) is 0. The minimum atomic E-state index is 0.0416. The molecule has 3 aliphatic rings. The summed E-state index contributed by atoms with van der Waals surface area (Å²) in [5, 5.41) is 2.18. The third-order valence-corrected chi connectivity index (χ3v) is 9.39. The lowest BCUT2D eigenvalue weighted by molar-refractivity contribution is -0.144. The number of nitrogens with zero attached hydrogens (tertiary/aromatic N) is 3. The second-order valence-corrected chi connectivity index (χ2v) is 11.9. The van der Waals surface area contributed by atoms with E-state index in [4.69, 9.17) is 0 Å². The average molecular weight is 514 g/mol. The van der Waals surface area contributed by atoms with Crippen LogP contribution in [-0.2, 0) is 16.0 Å². The van der Waals surface area contributed by atoms with Gasteiger partial charge in [-0.1, -0.05) is 60.2 Å². The Morgan fingerprint density at radius 2 is 1.73 bits per heavy atom. The number of rotatable bonds is 5. The molecule has 0 bridgehead atoms. The van der Waals surface area contributed by atoms with Crippen molar-refractivity contribution in [3.63, 3.8) is 0 Å². The molecule has 192 valence electrons. The smallest absolute Gasteiger partial charge is 0.236 e. The van der Waals surface area contributed by atoms with Crippen molar-refractivity contribution in [1.29, 1.82) is 0 Å². The molecule has 2 aromatic carbocycles. The molecule has 2 fully saturated rings. The third kappa shape index (κ3) is 4.85. The normalized spacial score (nSPS) is 25.6. The van der Waals surface area contributed by atoms with Crippen LogP contribution in [0.2, 0.25) is 0 Å². The fourth-order valence-electron chi connectivity index (χ4n) is 6.21. The maximum absolute atomic E-state index is 13.5. The van der Waals surface area contributed by atoms with Crippen molar-refractivity contribution in [1.82, 2.24) is 14.7 Å². The number of hydrogen-bond acceptors (Lipinski definition) is 4. The summed E-state index contributed by atoms with van der Waals surface area (Å²) in [6.45, 7) is 7.34. The van der Waals surface area contributed by atoms with E-state index in [0.717, 1.165) is 19.4 Å². The number of hydrogen-bond donors (Lipinski definition) is 0. The molecule has 6 heteroatoms. The monoisotopic (exact) mass is 513 g/mol. The Kier molecular flexibility index (Phi) is 6.63. The maximum atomic E-state index is 13.5. The minimum Gasteiger partial charge on any atom is -0.338 e. The van der Waals surface area contributed by atoms with Gasteiger partial charge in [-0.15, -0.1) is 11.3 Å². The standard InChI is InChI=1S/C31H35N3O2S/c1-21-8-10-24(11-9-21)30-25-13-17-37-28(25)12-14-33(30)20-29(35)32-15-16-34(22(2)19-32)31(36)27-18-26(27)23-6-4-3-5-7-23/h3-11,13,17,22,26-27,30H,12,14-16,18-20H2,1-2H3/t22-,26+,27+,30-/m1/s1. The molecule has 1 saturated heterocycles. The highest BCUT2D eigenvalue weighted by Crippen LogP contribution is 2.48. The minimum absolute atomic E-state index is 0.0416. The number of carbonyl (C=O) groups is 2. The molecular formula is C31H35N3O2S. The van der Waals surface area contributed by atoms with Crippen LogP contribution in [0.5, 0.6) is 0 Å². The first-order valence-electron chi connectivity index (χ1n) is 13.5. The van der Waals surface area contributed by atoms with Gasteiger partial charge >= 0.3 is 0 Å². The zero-order valence-electron chi connectivity index (χ0n) is 21.7. The van der Waals surface area contributed by atoms with Crippen LogP contribution >= 0.6 is 11.3 Å². The summed E-state index contributed by atoms with van der Waals surface area (Å²) in [5.41, 5.74) is 5.10. The van der Waals surface area contributed by atoms with Gasteiger partial charge in [0.15, 0.2) is 0 Å². The number of carbonyl (C=O) groups excluding carboxylic acids is 2. The van der Waals surface area contributed by atoms with Crippen LogP contribution in [0, 0.1) is 12.8 Å². The van der Waals surface area contributed by atoms with Gasteiger partial charge in [-0.25, -0.2) is 0 Å². The first-order chi connectivity index (χ1) is 18.0. The van der Waals surface area contributed by atoms with Gasteiger partial charge in [-0.2, -0.15) is 0 Å². The summed E-state index contributed by atoms with van der Waals surface area (Å²) in [6, 6.07) is 21.5. The SMILES string of the molecule is Cc1ccc([C@@H]2c3ccsc3CCN2CC(=O)N2CCN(C(=O)[C@H]3C[C@H]3c3ccccc3)[C@H](C)C2)cc1. The van der Waals surface area contributed by atoms with Gasteiger partial charge in [0.25, 0.3) is 0 Å². The molecule has 37 heavy (non-hydrogen) atoms. The number of aryl methyl sites for hydroxylation is 1. The second-order valence-electron chi connectivity index (χ2n) is 10.9.